The Labute approximate surface area is 104 Å². The summed E-state index contributed by atoms with van der Waals surface area (Å²) in [6.45, 7) is 4.90. The van der Waals surface area contributed by atoms with E-state index in [9.17, 15) is 4.79 Å². The molecule has 1 aliphatic carbocycles. The number of hydrogen-bond acceptors (Lipinski definition) is 4. The zero-order valence-corrected chi connectivity index (χ0v) is 11.1. The normalized spacial score (nSPS) is 16.6. The summed E-state index contributed by atoms with van der Waals surface area (Å²) in [7, 11) is 1.45. The first kappa shape index (κ1) is 14.5. The smallest absolute Gasteiger partial charge is 0.319 e. The van der Waals surface area contributed by atoms with Crippen molar-refractivity contribution in [2.75, 3.05) is 33.4 Å². The number of hydrogen-bond donors (Lipinski definition) is 0. The molecule has 0 spiro atoms. The predicted octanol–water partition coefficient (Wildman–Crippen LogP) is 1.83. The maximum absolute atomic E-state index is 11.4. The van der Waals surface area contributed by atoms with Gasteiger partial charge in [0.25, 0.3) is 0 Å². The largest absolute Gasteiger partial charge is 0.468 e. The molecule has 0 unspecified atom stereocenters. The summed E-state index contributed by atoms with van der Waals surface area (Å²) in [6.07, 6.45) is 5.99. The highest BCUT2D eigenvalue weighted by Gasteiger charge is 2.24. The fourth-order valence-corrected chi connectivity index (χ4v) is 2.40. The second kappa shape index (κ2) is 8.48. The van der Waals surface area contributed by atoms with E-state index in [0.29, 0.717) is 12.6 Å². The minimum atomic E-state index is -0.131. The van der Waals surface area contributed by atoms with E-state index in [1.165, 1.54) is 32.8 Å². The van der Waals surface area contributed by atoms with Gasteiger partial charge in [-0.15, -0.1) is 0 Å². The lowest BCUT2D eigenvalue weighted by Crippen LogP contribution is -2.39. The van der Waals surface area contributed by atoms with Crippen molar-refractivity contribution in [3.8, 4) is 0 Å². The molecule has 17 heavy (non-hydrogen) atoms. The van der Waals surface area contributed by atoms with E-state index in [-0.39, 0.29) is 5.97 Å². The van der Waals surface area contributed by atoms with Crippen molar-refractivity contribution in [2.45, 2.75) is 45.1 Å². The van der Waals surface area contributed by atoms with Crippen LogP contribution < -0.4 is 0 Å². The SMILES string of the molecule is CCOCCCN(CC(=O)OC)C1CCCC1. The Bertz CT molecular complexity index is 215. The third-order valence-corrected chi connectivity index (χ3v) is 3.34. The van der Waals surface area contributed by atoms with Crippen LogP contribution in [0.4, 0.5) is 0 Å². The Morgan fingerprint density at radius 2 is 2.06 bits per heavy atom. The molecule has 1 rings (SSSR count). The lowest BCUT2D eigenvalue weighted by Gasteiger charge is -2.27. The van der Waals surface area contributed by atoms with Crippen molar-refractivity contribution < 1.29 is 14.3 Å². The molecule has 0 aromatic heterocycles. The van der Waals surface area contributed by atoms with Gasteiger partial charge in [0, 0.05) is 25.8 Å². The first-order valence-electron chi connectivity index (χ1n) is 6.66. The lowest BCUT2D eigenvalue weighted by atomic mass is 10.2. The molecule has 0 atom stereocenters. The van der Waals surface area contributed by atoms with Crippen LogP contribution in [0, 0.1) is 0 Å². The molecule has 1 aliphatic rings. The summed E-state index contributed by atoms with van der Waals surface area (Å²) in [5.74, 6) is -0.131. The molecule has 0 radical (unpaired) electrons. The van der Waals surface area contributed by atoms with Gasteiger partial charge in [-0.1, -0.05) is 12.8 Å². The van der Waals surface area contributed by atoms with Gasteiger partial charge in [-0.2, -0.15) is 0 Å². The van der Waals surface area contributed by atoms with Gasteiger partial charge in [-0.25, -0.2) is 0 Å². The molecular weight excluding hydrogens is 218 g/mol. The molecule has 0 aliphatic heterocycles. The predicted molar refractivity (Wildman–Crippen MR) is 67.0 cm³/mol. The van der Waals surface area contributed by atoms with Crippen LogP contribution in [0.25, 0.3) is 0 Å². The van der Waals surface area contributed by atoms with Crippen molar-refractivity contribution in [1.82, 2.24) is 4.90 Å². The number of ether oxygens (including phenoxy) is 2. The molecular formula is C13H25NO3. The van der Waals surface area contributed by atoms with E-state index in [4.69, 9.17) is 9.47 Å². The van der Waals surface area contributed by atoms with Crippen molar-refractivity contribution in [1.29, 1.82) is 0 Å². The fraction of sp³-hybridized carbons (Fsp3) is 0.923. The van der Waals surface area contributed by atoms with Gasteiger partial charge >= 0.3 is 5.97 Å². The molecule has 0 bridgehead atoms. The van der Waals surface area contributed by atoms with E-state index in [2.05, 4.69) is 4.90 Å². The molecule has 4 nitrogen and oxygen atoms in total. The van der Waals surface area contributed by atoms with Crippen LogP contribution in [0.1, 0.15) is 39.0 Å². The minimum Gasteiger partial charge on any atom is -0.468 e. The maximum Gasteiger partial charge on any atom is 0.319 e. The molecule has 0 N–H and O–H groups in total. The van der Waals surface area contributed by atoms with Crippen LogP contribution in [0.5, 0.6) is 0 Å². The zero-order valence-electron chi connectivity index (χ0n) is 11.1. The average molecular weight is 243 g/mol. The summed E-state index contributed by atoms with van der Waals surface area (Å²) in [5, 5.41) is 0. The highest BCUT2D eigenvalue weighted by atomic mass is 16.5. The number of rotatable bonds is 8. The maximum atomic E-state index is 11.4. The first-order valence-corrected chi connectivity index (χ1v) is 6.66. The fourth-order valence-electron chi connectivity index (χ4n) is 2.40. The summed E-state index contributed by atoms with van der Waals surface area (Å²) in [6, 6.07) is 0.565. The van der Waals surface area contributed by atoms with Gasteiger partial charge in [-0.3, -0.25) is 9.69 Å². The quantitative estimate of drug-likeness (QED) is 0.481. The van der Waals surface area contributed by atoms with Crippen molar-refractivity contribution >= 4 is 5.97 Å². The van der Waals surface area contributed by atoms with Crippen LogP contribution in [0.3, 0.4) is 0 Å². The van der Waals surface area contributed by atoms with Gasteiger partial charge < -0.3 is 9.47 Å². The highest BCUT2D eigenvalue weighted by Crippen LogP contribution is 2.23. The Kier molecular flexibility index (Phi) is 7.21. The lowest BCUT2D eigenvalue weighted by molar-refractivity contribution is -0.142. The van der Waals surface area contributed by atoms with E-state index in [0.717, 1.165) is 26.2 Å². The number of carbonyl (C=O) groups excluding carboxylic acids is 1. The average Bonchev–Trinajstić information content (AvgIpc) is 2.86. The minimum absolute atomic E-state index is 0.131. The number of nitrogens with zero attached hydrogens (tertiary/aromatic N) is 1. The van der Waals surface area contributed by atoms with Crippen molar-refractivity contribution in [3.63, 3.8) is 0 Å². The Morgan fingerprint density at radius 1 is 1.35 bits per heavy atom. The van der Waals surface area contributed by atoms with Crippen molar-refractivity contribution in [2.24, 2.45) is 0 Å². The summed E-state index contributed by atoms with van der Waals surface area (Å²) >= 11 is 0. The molecule has 1 fully saturated rings. The summed E-state index contributed by atoms with van der Waals surface area (Å²) < 4.78 is 10.1. The molecule has 100 valence electrons. The second-order valence-corrected chi connectivity index (χ2v) is 4.54. The second-order valence-electron chi connectivity index (χ2n) is 4.54. The van der Waals surface area contributed by atoms with Crippen LogP contribution >= 0.6 is 0 Å². The standard InChI is InChI=1S/C13H25NO3/c1-3-17-10-6-9-14(11-13(15)16-2)12-7-4-5-8-12/h12H,3-11H2,1-2H3. The first-order chi connectivity index (χ1) is 8.27. The monoisotopic (exact) mass is 243 g/mol. The zero-order chi connectivity index (χ0) is 12.5. The van der Waals surface area contributed by atoms with Crippen LogP contribution in [0.2, 0.25) is 0 Å². The van der Waals surface area contributed by atoms with Crippen molar-refractivity contribution in [3.05, 3.63) is 0 Å². The van der Waals surface area contributed by atoms with Crippen LogP contribution in [-0.4, -0.2) is 50.3 Å². The third kappa shape index (κ3) is 5.50. The Hall–Kier alpha value is -0.610. The van der Waals surface area contributed by atoms with Crippen LogP contribution in [-0.2, 0) is 14.3 Å². The van der Waals surface area contributed by atoms with Gasteiger partial charge in [0.1, 0.15) is 0 Å². The van der Waals surface area contributed by atoms with E-state index in [1.54, 1.807) is 0 Å². The summed E-state index contributed by atoms with van der Waals surface area (Å²) in [4.78, 5) is 13.6. The molecule has 0 saturated heterocycles. The third-order valence-electron chi connectivity index (χ3n) is 3.34. The molecule has 4 heteroatoms. The van der Waals surface area contributed by atoms with E-state index < -0.39 is 0 Å². The number of carbonyl (C=O) groups is 1. The summed E-state index contributed by atoms with van der Waals surface area (Å²) in [5.41, 5.74) is 0. The number of esters is 1. The Balaban J connectivity index is 2.32. The molecule has 0 amide bonds. The Morgan fingerprint density at radius 3 is 2.65 bits per heavy atom. The van der Waals surface area contributed by atoms with E-state index in [1.807, 2.05) is 6.92 Å². The van der Waals surface area contributed by atoms with Gasteiger partial charge in [-0.05, 0) is 26.2 Å². The molecule has 0 heterocycles. The molecule has 1 saturated carbocycles. The van der Waals surface area contributed by atoms with Crippen LogP contribution in [0.15, 0.2) is 0 Å². The van der Waals surface area contributed by atoms with E-state index >= 15 is 0 Å². The van der Waals surface area contributed by atoms with Gasteiger partial charge in [0.2, 0.25) is 0 Å². The highest BCUT2D eigenvalue weighted by molar-refractivity contribution is 5.71. The molecule has 0 aromatic rings. The molecule has 0 aromatic carbocycles. The van der Waals surface area contributed by atoms with Gasteiger partial charge in [0.15, 0.2) is 0 Å². The van der Waals surface area contributed by atoms with Gasteiger partial charge in [0.05, 0.1) is 13.7 Å². The topological polar surface area (TPSA) is 38.8 Å². The number of methoxy groups -OCH3 is 1.